The van der Waals surface area contributed by atoms with Crippen LogP contribution in [-0.2, 0) is 0 Å². The van der Waals surface area contributed by atoms with E-state index in [1.54, 1.807) is 18.3 Å². The van der Waals surface area contributed by atoms with Gasteiger partial charge in [0, 0.05) is 22.7 Å². The average Bonchev–Trinajstić information content (AvgIpc) is 2.87. The highest BCUT2D eigenvalue weighted by atomic mass is 32.1. The third kappa shape index (κ3) is 3.23. The van der Waals surface area contributed by atoms with Gasteiger partial charge in [0.15, 0.2) is 11.5 Å². The lowest BCUT2D eigenvalue weighted by Gasteiger charge is -2.10. The van der Waals surface area contributed by atoms with Crippen molar-refractivity contribution in [2.24, 2.45) is 5.73 Å². The van der Waals surface area contributed by atoms with Gasteiger partial charge in [0.25, 0.3) is 0 Å². The summed E-state index contributed by atoms with van der Waals surface area (Å²) in [7, 11) is 1.39. The first-order valence-electron chi connectivity index (χ1n) is 5.85. The first-order chi connectivity index (χ1) is 9.51. The van der Waals surface area contributed by atoms with E-state index in [1.165, 1.54) is 24.5 Å². The van der Waals surface area contributed by atoms with Gasteiger partial charge in [-0.3, -0.25) is 0 Å². The minimum Gasteiger partial charge on any atom is -0.493 e. The Morgan fingerprint density at radius 2 is 2.05 bits per heavy atom. The fourth-order valence-corrected chi connectivity index (χ4v) is 2.49. The van der Waals surface area contributed by atoms with E-state index in [1.807, 2.05) is 6.92 Å². The lowest BCUT2D eigenvalue weighted by Crippen LogP contribution is -2.03. The van der Waals surface area contributed by atoms with Crippen molar-refractivity contribution < 1.29 is 18.3 Å². The van der Waals surface area contributed by atoms with Gasteiger partial charge in [-0.1, -0.05) is 0 Å². The highest BCUT2D eigenvalue weighted by molar-refractivity contribution is 7.15. The third-order valence-corrected chi connectivity index (χ3v) is 3.85. The van der Waals surface area contributed by atoms with Crippen molar-refractivity contribution in [3.8, 4) is 22.1 Å². The standard InChI is InChI=1S/C13H14F2N2O2S/c1-7(16)11-6-17-12(20-11)8-3-4-9(18-2)10(5-8)19-13(14)15/h3-7,13H,16H2,1-2H3. The van der Waals surface area contributed by atoms with Crippen LogP contribution < -0.4 is 15.2 Å². The second kappa shape index (κ2) is 6.15. The summed E-state index contributed by atoms with van der Waals surface area (Å²) in [6.45, 7) is -1.05. The molecular formula is C13H14F2N2O2S. The summed E-state index contributed by atoms with van der Waals surface area (Å²) in [6.07, 6.45) is 1.68. The van der Waals surface area contributed by atoms with E-state index in [2.05, 4.69) is 9.72 Å². The van der Waals surface area contributed by atoms with Gasteiger partial charge in [-0.05, 0) is 25.1 Å². The predicted octanol–water partition coefficient (Wildman–Crippen LogP) is 3.44. The molecular weight excluding hydrogens is 286 g/mol. The van der Waals surface area contributed by atoms with Crippen molar-refractivity contribution in [1.29, 1.82) is 0 Å². The molecule has 4 nitrogen and oxygen atoms in total. The SMILES string of the molecule is COc1ccc(-c2ncc(C(C)N)s2)cc1OC(F)F. The number of thiazole rings is 1. The maximum absolute atomic E-state index is 12.4. The summed E-state index contributed by atoms with van der Waals surface area (Å²) in [5.41, 5.74) is 6.45. The van der Waals surface area contributed by atoms with Crippen LogP contribution in [0.15, 0.2) is 24.4 Å². The number of hydrogen-bond donors (Lipinski definition) is 1. The number of methoxy groups -OCH3 is 1. The topological polar surface area (TPSA) is 57.4 Å². The predicted molar refractivity (Wildman–Crippen MR) is 73.3 cm³/mol. The molecule has 1 atom stereocenters. The molecule has 0 amide bonds. The zero-order valence-electron chi connectivity index (χ0n) is 11.0. The summed E-state index contributed by atoms with van der Waals surface area (Å²) in [4.78, 5) is 5.16. The molecule has 2 aromatic rings. The van der Waals surface area contributed by atoms with E-state index >= 15 is 0 Å². The Morgan fingerprint density at radius 1 is 1.30 bits per heavy atom. The van der Waals surface area contributed by atoms with E-state index in [9.17, 15) is 8.78 Å². The highest BCUT2D eigenvalue weighted by Gasteiger charge is 2.14. The molecule has 2 rings (SSSR count). The Bertz CT molecular complexity index is 588. The van der Waals surface area contributed by atoms with Crippen LogP contribution >= 0.6 is 11.3 Å². The van der Waals surface area contributed by atoms with Crippen molar-refractivity contribution in [1.82, 2.24) is 4.98 Å². The molecule has 0 aliphatic heterocycles. The molecule has 0 spiro atoms. The molecule has 0 radical (unpaired) electrons. The van der Waals surface area contributed by atoms with Crippen molar-refractivity contribution >= 4 is 11.3 Å². The minimum atomic E-state index is -2.91. The number of ether oxygens (including phenoxy) is 2. The van der Waals surface area contributed by atoms with Crippen LogP contribution in [0.4, 0.5) is 8.78 Å². The van der Waals surface area contributed by atoms with Gasteiger partial charge in [-0.25, -0.2) is 4.98 Å². The third-order valence-electron chi connectivity index (χ3n) is 2.60. The molecule has 7 heteroatoms. The molecule has 0 saturated carbocycles. The number of rotatable bonds is 5. The molecule has 0 aliphatic carbocycles. The monoisotopic (exact) mass is 300 g/mol. The first kappa shape index (κ1) is 14.7. The molecule has 2 N–H and O–H groups in total. The van der Waals surface area contributed by atoms with Crippen LogP contribution in [0.25, 0.3) is 10.6 Å². The number of benzene rings is 1. The zero-order valence-corrected chi connectivity index (χ0v) is 11.8. The second-order valence-corrected chi connectivity index (χ2v) is 5.16. The van der Waals surface area contributed by atoms with Gasteiger partial charge in [-0.2, -0.15) is 8.78 Å². The van der Waals surface area contributed by atoms with E-state index in [4.69, 9.17) is 10.5 Å². The fraction of sp³-hybridized carbons (Fsp3) is 0.308. The fourth-order valence-electron chi connectivity index (χ4n) is 1.63. The van der Waals surface area contributed by atoms with Gasteiger partial charge in [-0.15, -0.1) is 11.3 Å². The molecule has 20 heavy (non-hydrogen) atoms. The van der Waals surface area contributed by atoms with Crippen LogP contribution in [0.5, 0.6) is 11.5 Å². The molecule has 1 heterocycles. The summed E-state index contributed by atoms with van der Waals surface area (Å²) in [5.74, 6) is 0.232. The maximum atomic E-state index is 12.4. The van der Waals surface area contributed by atoms with E-state index in [-0.39, 0.29) is 17.5 Å². The van der Waals surface area contributed by atoms with Crippen LogP contribution in [0.2, 0.25) is 0 Å². The molecule has 1 aromatic heterocycles. The summed E-state index contributed by atoms with van der Waals surface area (Å²) < 4.78 is 34.2. The maximum Gasteiger partial charge on any atom is 0.387 e. The summed E-state index contributed by atoms with van der Waals surface area (Å²) in [5, 5.41) is 0.694. The highest BCUT2D eigenvalue weighted by Crippen LogP contribution is 2.35. The van der Waals surface area contributed by atoms with Crippen LogP contribution in [-0.4, -0.2) is 18.7 Å². The van der Waals surface area contributed by atoms with Crippen molar-refractivity contribution in [3.05, 3.63) is 29.3 Å². The van der Waals surface area contributed by atoms with Crippen molar-refractivity contribution in [3.63, 3.8) is 0 Å². The normalized spacial score (nSPS) is 12.5. The van der Waals surface area contributed by atoms with E-state index < -0.39 is 6.61 Å². The van der Waals surface area contributed by atoms with Crippen molar-refractivity contribution in [2.75, 3.05) is 7.11 Å². The second-order valence-electron chi connectivity index (χ2n) is 4.10. The van der Waals surface area contributed by atoms with Crippen LogP contribution in [0.3, 0.4) is 0 Å². The Labute approximate surface area is 119 Å². The van der Waals surface area contributed by atoms with Gasteiger partial charge in [0.1, 0.15) is 5.01 Å². The lowest BCUT2D eigenvalue weighted by molar-refractivity contribution is -0.0511. The van der Waals surface area contributed by atoms with Gasteiger partial charge in [0.05, 0.1) is 7.11 Å². The number of nitrogens with two attached hydrogens (primary N) is 1. The van der Waals surface area contributed by atoms with Gasteiger partial charge in [0.2, 0.25) is 0 Å². The number of nitrogens with zero attached hydrogens (tertiary/aromatic N) is 1. The number of alkyl halides is 2. The van der Waals surface area contributed by atoms with Gasteiger partial charge >= 0.3 is 6.61 Å². The molecule has 1 aromatic carbocycles. The molecule has 0 saturated heterocycles. The smallest absolute Gasteiger partial charge is 0.387 e. The van der Waals surface area contributed by atoms with E-state index in [0.717, 1.165) is 4.88 Å². The summed E-state index contributed by atoms with van der Waals surface area (Å²) in [6, 6.07) is 4.67. The molecule has 108 valence electrons. The van der Waals surface area contributed by atoms with Crippen LogP contribution in [0.1, 0.15) is 17.8 Å². The van der Waals surface area contributed by atoms with E-state index in [0.29, 0.717) is 10.6 Å². The first-order valence-corrected chi connectivity index (χ1v) is 6.67. The zero-order chi connectivity index (χ0) is 14.7. The summed E-state index contributed by atoms with van der Waals surface area (Å²) >= 11 is 1.42. The average molecular weight is 300 g/mol. The number of halogens is 2. The van der Waals surface area contributed by atoms with Gasteiger partial charge < -0.3 is 15.2 Å². The number of aromatic nitrogens is 1. The minimum absolute atomic E-state index is 0.0162. The Kier molecular flexibility index (Phi) is 4.51. The molecule has 0 bridgehead atoms. The molecule has 0 fully saturated rings. The van der Waals surface area contributed by atoms with Crippen LogP contribution in [0, 0.1) is 0 Å². The Balaban J connectivity index is 2.36. The molecule has 1 unspecified atom stereocenters. The quantitative estimate of drug-likeness (QED) is 0.919. The number of hydrogen-bond acceptors (Lipinski definition) is 5. The van der Waals surface area contributed by atoms with Crippen molar-refractivity contribution in [2.45, 2.75) is 19.6 Å². The lowest BCUT2D eigenvalue weighted by atomic mass is 10.2. The Morgan fingerprint density at radius 3 is 2.60 bits per heavy atom. The Hall–Kier alpha value is -1.73. The largest absolute Gasteiger partial charge is 0.493 e. The molecule has 0 aliphatic rings.